The van der Waals surface area contributed by atoms with E-state index in [0.29, 0.717) is 0 Å². The van der Waals surface area contributed by atoms with E-state index in [0.717, 1.165) is 24.0 Å². The van der Waals surface area contributed by atoms with Crippen LogP contribution in [0.3, 0.4) is 0 Å². The number of hydrogen-bond acceptors (Lipinski definition) is 2. The van der Waals surface area contributed by atoms with Gasteiger partial charge in [0.15, 0.2) is 0 Å². The summed E-state index contributed by atoms with van der Waals surface area (Å²) in [6.07, 6.45) is 7.03. The maximum atomic E-state index is 2.78. The van der Waals surface area contributed by atoms with Crippen molar-refractivity contribution in [1.82, 2.24) is 9.80 Å². The Hall–Kier alpha value is -0.0800. The van der Waals surface area contributed by atoms with Crippen molar-refractivity contribution >= 4 is 0 Å². The first kappa shape index (κ1) is 14.3. The van der Waals surface area contributed by atoms with E-state index in [9.17, 15) is 0 Å². The van der Waals surface area contributed by atoms with Crippen molar-refractivity contribution in [2.24, 2.45) is 5.92 Å². The van der Waals surface area contributed by atoms with Gasteiger partial charge in [-0.15, -0.1) is 0 Å². The summed E-state index contributed by atoms with van der Waals surface area (Å²) in [5, 5.41) is 0. The van der Waals surface area contributed by atoms with Crippen molar-refractivity contribution in [3.63, 3.8) is 0 Å². The molecule has 2 nitrogen and oxygen atoms in total. The Kier molecular flexibility index (Phi) is 5.08. The quantitative estimate of drug-likeness (QED) is 0.740. The van der Waals surface area contributed by atoms with Gasteiger partial charge in [0.1, 0.15) is 0 Å². The lowest BCUT2D eigenvalue weighted by Crippen LogP contribution is -2.57. The van der Waals surface area contributed by atoms with Crippen LogP contribution in [-0.4, -0.2) is 47.6 Å². The zero-order valence-electron chi connectivity index (χ0n) is 12.9. The Bertz CT molecular complexity index is 251. The predicted molar refractivity (Wildman–Crippen MR) is 78.9 cm³/mol. The van der Waals surface area contributed by atoms with Gasteiger partial charge in [-0.3, -0.25) is 9.80 Å². The van der Waals surface area contributed by atoms with E-state index in [-0.39, 0.29) is 0 Å². The smallest absolute Gasteiger partial charge is 0.0224 e. The molecule has 0 radical (unpaired) electrons. The first-order valence-electron chi connectivity index (χ1n) is 8.07. The molecule has 2 fully saturated rings. The summed E-state index contributed by atoms with van der Waals surface area (Å²) in [6.45, 7) is 13.5. The highest BCUT2D eigenvalue weighted by Crippen LogP contribution is 2.27. The Labute approximate surface area is 114 Å². The SMILES string of the molecule is CC(C)CCCC(C)N1CC2CCCN2CC1C. The summed E-state index contributed by atoms with van der Waals surface area (Å²) in [5.41, 5.74) is 0. The maximum Gasteiger partial charge on any atom is 0.0224 e. The van der Waals surface area contributed by atoms with E-state index in [1.54, 1.807) is 0 Å². The van der Waals surface area contributed by atoms with Gasteiger partial charge >= 0.3 is 0 Å². The molecule has 3 atom stereocenters. The van der Waals surface area contributed by atoms with Crippen LogP contribution in [0, 0.1) is 5.92 Å². The maximum absolute atomic E-state index is 2.78. The molecular weight excluding hydrogens is 220 g/mol. The zero-order valence-corrected chi connectivity index (χ0v) is 12.9. The minimum atomic E-state index is 0.758. The van der Waals surface area contributed by atoms with Crippen LogP contribution in [0.2, 0.25) is 0 Å². The summed E-state index contributed by atoms with van der Waals surface area (Å²) >= 11 is 0. The topological polar surface area (TPSA) is 6.48 Å². The van der Waals surface area contributed by atoms with Crippen LogP contribution in [0.15, 0.2) is 0 Å². The first-order chi connectivity index (χ1) is 8.58. The van der Waals surface area contributed by atoms with Gasteiger partial charge in [0, 0.05) is 31.2 Å². The monoisotopic (exact) mass is 252 g/mol. The van der Waals surface area contributed by atoms with E-state index in [4.69, 9.17) is 0 Å². The molecule has 0 aromatic carbocycles. The van der Waals surface area contributed by atoms with E-state index >= 15 is 0 Å². The molecule has 0 aromatic rings. The Morgan fingerprint density at radius 2 is 1.89 bits per heavy atom. The van der Waals surface area contributed by atoms with Crippen LogP contribution in [-0.2, 0) is 0 Å². The van der Waals surface area contributed by atoms with Gasteiger partial charge in [0.2, 0.25) is 0 Å². The highest BCUT2D eigenvalue weighted by molar-refractivity contribution is 4.92. The molecule has 106 valence electrons. The van der Waals surface area contributed by atoms with Crippen molar-refractivity contribution in [2.75, 3.05) is 19.6 Å². The molecule has 2 saturated heterocycles. The number of fused-ring (bicyclic) bond motifs is 1. The van der Waals surface area contributed by atoms with Gasteiger partial charge in [0.05, 0.1) is 0 Å². The van der Waals surface area contributed by atoms with Gasteiger partial charge in [0.25, 0.3) is 0 Å². The second-order valence-electron chi connectivity index (χ2n) is 7.01. The van der Waals surface area contributed by atoms with Crippen molar-refractivity contribution in [2.45, 2.75) is 77.9 Å². The van der Waals surface area contributed by atoms with Crippen LogP contribution < -0.4 is 0 Å². The van der Waals surface area contributed by atoms with Crippen LogP contribution in [0.5, 0.6) is 0 Å². The lowest BCUT2D eigenvalue weighted by Gasteiger charge is -2.45. The first-order valence-corrected chi connectivity index (χ1v) is 8.07. The number of hydrogen-bond donors (Lipinski definition) is 0. The molecule has 0 bridgehead atoms. The molecule has 18 heavy (non-hydrogen) atoms. The van der Waals surface area contributed by atoms with Crippen LogP contribution >= 0.6 is 0 Å². The summed E-state index contributed by atoms with van der Waals surface area (Å²) in [7, 11) is 0. The van der Waals surface area contributed by atoms with Crippen molar-refractivity contribution < 1.29 is 0 Å². The van der Waals surface area contributed by atoms with Gasteiger partial charge in [-0.2, -0.15) is 0 Å². The molecule has 0 aromatic heterocycles. The minimum absolute atomic E-state index is 0.758. The number of piperazine rings is 1. The lowest BCUT2D eigenvalue weighted by atomic mass is 10.00. The van der Waals surface area contributed by atoms with E-state index in [1.165, 1.54) is 51.7 Å². The lowest BCUT2D eigenvalue weighted by molar-refractivity contribution is 0.0297. The second kappa shape index (κ2) is 6.38. The van der Waals surface area contributed by atoms with Gasteiger partial charge in [-0.05, 0) is 45.6 Å². The van der Waals surface area contributed by atoms with Gasteiger partial charge in [-0.25, -0.2) is 0 Å². The Morgan fingerprint density at radius 1 is 1.11 bits per heavy atom. The fraction of sp³-hybridized carbons (Fsp3) is 1.00. The Balaban J connectivity index is 1.79. The molecule has 2 rings (SSSR count). The Morgan fingerprint density at radius 3 is 2.61 bits per heavy atom. The highest BCUT2D eigenvalue weighted by Gasteiger charge is 2.35. The average Bonchev–Trinajstić information content (AvgIpc) is 2.74. The number of nitrogens with zero attached hydrogens (tertiary/aromatic N) is 2. The average molecular weight is 252 g/mol. The summed E-state index contributed by atoms with van der Waals surface area (Å²) < 4.78 is 0. The molecule has 0 spiro atoms. The summed E-state index contributed by atoms with van der Waals surface area (Å²) in [5.74, 6) is 0.862. The molecular formula is C16H32N2. The third-order valence-corrected chi connectivity index (χ3v) is 4.96. The standard InChI is InChI=1S/C16H32N2/c1-13(2)7-5-8-14(3)18-12-16-9-6-10-17(16)11-15(18)4/h13-16H,5-12H2,1-4H3. The molecule has 2 aliphatic heterocycles. The molecule has 0 amide bonds. The van der Waals surface area contributed by atoms with Crippen LogP contribution in [0.25, 0.3) is 0 Å². The van der Waals surface area contributed by atoms with Crippen molar-refractivity contribution in [3.8, 4) is 0 Å². The third kappa shape index (κ3) is 3.48. The van der Waals surface area contributed by atoms with E-state index in [2.05, 4.69) is 37.5 Å². The van der Waals surface area contributed by atoms with Gasteiger partial charge in [-0.1, -0.05) is 26.7 Å². The fourth-order valence-corrected chi connectivity index (χ4v) is 3.81. The van der Waals surface area contributed by atoms with Crippen molar-refractivity contribution in [1.29, 1.82) is 0 Å². The molecule has 2 heteroatoms. The number of rotatable bonds is 5. The minimum Gasteiger partial charge on any atom is -0.298 e. The third-order valence-electron chi connectivity index (χ3n) is 4.96. The van der Waals surface area contributed by atoms with Gasteiger partial charge < -0.3 is 0 Å². The van der Waals surface area contributed by atoms with Crippen molar-refractivity contribution in [3.05, 3.63) is 0 Å². The fourth-order valence-electron chi connectivity index (χ4n) is 3.81. The molecule has 0 saturated carbocycles. The normalized spacial score (nSPS) is 31.8. The van der Waals surface area contributed by atoms with E-state index < -0.39 is 0 Å². The van der Waals surface area contributed by atoms with Crippen LogP contribution in [0.4, 0.5) is 0 Å². The van der Waals surface area contributed by atoms with E-state index in [1.807, 2.05) is 0 Å². The zero-order chi connectivity index (χ0) is 13.1. The largest absolute Gasteiger partial charge is 0.298 e. The molecule has 2 aliphatic rings. The summed E-state index contributed by atoms with van der Waals surface area (Å²) in [6, 6.07) is 2.41. The molecule has 2 heterocycles. The molecule has 3 unspecified atom stereocenters. The molecule has 0 aliphatic carbocycles. The molecule has 0 N–H and O–H groups in total. The predicted octanol–water partition coefficient (Wildman–Crippen LogP) is 3.37. The summed E-state index contributed by atoms with van der Waals surface area (Å²) in [4.78, 5) is 5.51. The highest BCUT2D eigenvalue weighted by atomic mass is 15.3. The van der Waals surface area contributed by atoms with Crippen LogP contribution in [0.1, 0.15) is 59.8 Å². The second-order valence-corrected chi connectivity index (χ2v) is 7.01.